The van der Waals surface area contributed by atoms with Crippen LogP contribution in [0.4, 0.5) is 0 Å². The number of aromatic nitrogens is 2. The number of nitrogens with zero attached hydrogens (tertiary/aromatic N) is 1. The molecule has 0 saturated carbocycles. The maximum absolute atomic E-state index is 5.83. The van der Waals surface area contributed by atoms with Crippen LogP contribution in [0.5, 0.6) is 5.75 Å². The number of hydrogen-bond donors (Lipinski definition) is 2. The molecule has 4 rings (SSSR count). The third-order valence-corrected chi connectivity index (χ3v) is 4.33. The highest BCUT2D eigenvalue weighted by atomic mass is 16.5. The van der Waals surface area contributed by atoms with Crippen LogP contribution in [0.3, 0.4) is 0 Å². The van der Waals surface area contributed by atoms with Gasteiger partial charge >= 0.3 is 0 Å². The molecular weight excluding hydrogens is 310 g/mol. The lowest BCUT2D eigenvalue weighted by molar-refractivity contribution is 0.338. The van der Waals surface area contributed by atoms with E-state index in [0.29, 0.717) is 6.61 Å². The van der Waals surface area contributed by atoms with Crippen molar-refractivity contribution in [2.24, 2.45) is 4.99 Å². The minimum Gasteiger partial charge on any atom is -0.492 e. The Bertz CT molecular complexity index is 1140. The van der Waals surface area contributed by atoms with Crippen molar-refractivity contribution in [2.75, 3.05) is 6.61 Å². The van der Waals surface area contributed by atoms with E-state index < -0.39 is 0 Å². The Morgan fingerprint density at radius 1 is 1.12 bits per heavy atom. The highest BCUT2D eigenvalue weighted by Gasteiger charge is 2.07. The van der Waals surface area contributed by atoms with Crippen LogP contribution in [0.2, 0.25) is 0 Å². The highest BCUT2D eigenvalue weighted by molar-refractivity contribution is 5.76. The van der Waals surface area contributed by atoms with Gasteiger partial charge in [-0.3, -0.25) is 0 Å². The molecule has 0 bridgehead atoms. The quantitative estimate of drug-likeness (QED) is 0.749. The number of para-hydroxylation sites is 1. The molecule has 0 fully saturated rings. The summed E-state index contributed by atoms with van der Waals surface area (Å²) in [6.07, 6.45) is 4.20. The van der Waals surface area contributed by atoms with Crippen molar-refractivity contribution in [2.45, 2.75) is 20.8 Å². The molecule has 0 saturated heterocycles. The zero-order valence-corrected chi connectivity index (χ0v) is 14.7. The first-order chi connectivity index (χ1) is 12.1. The summed E-state index contributed by atoms with van der Waals surface area (Å²) in [5.41, 5.74) is 4.39. The Balaban J connectivity index is 1.92. The lowest BCUT2D eigenvalue weighted by Crippen LogP contribution is -2.19. The molecule has 0 unspecified atom stereocenters. The van der Waals surface area contributed by atoms with E-state index in [1.165, 1.54) is 5.56 Å². The van der Waals surface area contributed by atoms with Gasteiger partial charge in [0.2, 0.25) is 0 Å². The second kappa shape index (κ2) is 6.13. The van der Waals surface area contributed by atoms with E-state index in [1.54, 1.807) is 0 Å². The number of aryl methyl sites for hydroxylation is 2. The van der Waals surface area contributed by atoms with Crippen molar-refractivity contribution >= 4 is 17.8 Å². The van der Waals surface area contributed by atoms with Gasteiger partial charge in [-0.1, -0.05) is 18.2 Å². The average molecular weight is 331 g/mol. The van der Waals surface area contributed by atoms with Crippen LogP contribution in [-0.2, 0) is 0 Å². The van der Waals surface area contributed by atoms with Crippen LogP contribution in [0, 0.1) is 13.8 Å². The summed E-state index contributed by atoms with van der Waals surface area (Å²) in [5.74, 6) is 0.844. The second-order valence-electron chi connectivity index (χ2n) is 6.29. The smallest absolute Gasteiger partial charge is 0.144 e. The molecule has 0 spiro atoms. The molecule has 3 aromatic rings. The van der Waals surface area contributed by atoms with Gasteiger partial charge in [0, 0.05) is 22.7 Å². The van der Waals surface area contributed by atoms with Gasteiger partial charge in [-0.2, -0.15) is 0 Å². The van der Waals surface area contributed by atoms with E-state index in [0.717, 1.165) is 44.1 Å². The van der Waals surface area contributed by atoms with E-state index >= 15 is 0 Å². The molecule has 0 atom stereocenters. The predicted molar refractivity (Wildman–Crippen MR) is 100 cm³/mol. The number of nitrogens with one attached hydrogen (secondary N) is 2. The molecule has 1 aliphatic rings. The van der Waals surface area contributed by atoms with Crippen LogP contribution < -0.4 is 26.0 Å². The summed E-state index contributed by atoms with van der Waals surface area (Å²) in [6.45, 7) is 6.78. The normalized spacial score (nSPS) is 15.7. The molecule has 0 radical (unpaired) electrons. The van der Waals surface area contributed by atoms with Gasteiger partial charge < -0.3 is 14.7 Å². The van der Waals surface area contributed by atoms with Gasteiger partial charge in [0.1, 0.15) is 5.75 Å². The summed E-state index contributed by atoms with van der Waals surface area (Å²) in [6, 6.07) is 12.3. The Kier molecular flexibility index (Phi) is 3.80. The number of H-pyrrole nitrogens is 2. The van der Waals surface area contributed by atoms with Gasteiger partial charge in [0.15, 0.2) is 0 Å². The van der Waals surface area contributed by atoms with Crippen molar-refractivity contribution in [1.29, 1.82) is 0 Å². The maximum Gasteiger partial charge on any atom is 0.144 e. The monoisotopic (exact) mass is 331 g/mol. The van der Waals surface area contributed by atoms with Crippen molar-refractivity contribution in [3.63, 3.8) is 0 Å². The average Bonchev–Trinajstić information content (AvgIpc) is 3.26. The first-order valence-corrected chi connectivity index (χ1v) is 8.53. The fourth-order valence-electron chi connectivity index (χ4n) is 3.17. The van der Waals surface area contributed by atoms with Gasteiger partial charge in [0.25, 0.3) is 0 Å². The Morgan fingerprint density at radius 3 is 2.68 bits per heavy atom. The van der Waals surface area contributed by atoms with E-state index in [4.69, 9.17) is 9.73 Å². The molecule has 3 heterocycles. The third kappa shape index (κ3) is 2.91. The van der Waals surface area contributed by atoms with Crippen LogP contribution in [0.1, 0.15) is 23.9 Å². The van der Waals surface area contributed by atoms with Crippen molar-refractivity contribution in [1.82, 2.24) is 9.97 Å². The number of aromatic amines is 2. The Hall–Kier alpha value is -3.01. The highest BCUT2D eigenvalue weighted by Crippen LogP contribution is 2.10. The summed E-state index contributed by atoms with van der Waals surface area (Å²) in [4.78, 5) is 11.6. The molecule has 4 nitrogen and oxygen atoms in total. The predicted octanol–water partition coefficient (Wildman–Crippen LogP) is 1.41. The molecule has 4 heteroatoms. The number of hydrogen-bond acceptors (Lipinski definition) is 2. The molecule has 25 heavy (non-hydrogen) atoms. The van der Waals surface area contributed by atoms with E-state index in [1.807, 2.05) is 31.2 Å². The first kappa shape index (κ1) is 15.5. The largest absolute Gasteiger partial charge is 0.492 e. The molecule has 0 amide bonds. The number of benzene rings is 1. The molecule has 1 aliphatic heterocycles. The maximum atomic E-state index is 5.83. The zero-order valence-electron chi connectivity index (χ0n) is 14.7. The first-order valence-electron chi connectivity index (χ1n) is 8.53. The van der Waals surface area contributed by atoms with Gasteiger partial charge in [-0.15, -0.1) is 0 Å². The van der Waals surface area contributed by atoms with Crippen molar-refractivity contribution in [3.8, 4) is 5.75 Å². The molecule has 126 valence electrons. The van der Waals surface area contributed by atoms with E-state index in [2.05, 4.69) is 48.1 Å². The molecule has 2 aromatic heterocycles. The summed E-state index contributed by atoms with van der Waals surface area (Å²) >= 11 is 0. The second-order valence-corrected chi connectivity index (χ2v) is 6.29. The standard InChI is InChI=1S/C21H21N3O/c1-4-25-21-12-19(18-10-15-7-5-6-8-16(15)23-18)24-20(21)11-17-13(2)9-14(3)22-17/h5-12,22,24H,4H2,1-3H3/b19-18-,20-11?. The van der Waals surface area contributed by atoms with E-state index in [9.17, 15) is 0 Å². The fourth-order valence-corrected chi connectivity index (χ4v) is 3.17. The SMILES string of the molecule is CCOc1c/c(=C2\C=c3ccccc3=N2)[nH]c1=Cc1[nH]c(C)cc1C. The lowest BCUT2D eigenvalue weighted by atomic mass is 10.2. The number of rotatable bonds is 3. The lowest BCUT2D eigenvalue weighted by Gasteiger charge is -1.98. The Morgan fingerprint density at radius 2 is 1.96 bits per heavy atom. The van der Waals surface area contributed by atoms with Crippen LogP contribution >= 0.6 is 0 Å². The molecular formula is C21H21N3O. The number of ether oxygens (including phenoxy) is 1. The fraction of sp³-hybridized carbons (Fsp3) is 0.190. The van der Waals surface area contributed by atoms with Gasteiger partial charge in [-0.05, 0) is 50.6 Å². The Labute approximate surface area is 145 Å². The van der Waals surface area contributed by atoms with Crippen molar-refractivity contribution < 1.29 is 4.74 Å². The van der Waals surface area contributed by atoms with Crippen LogP contribution in [0.15, 0.2) is 41.4 Å². The topological polar surface area (TPSA) is 53.2 Å². The van der Waals surface area contributed by atoms with Crippen molar-refractivity contribution in [3.05, 3.63) is 74.6 Å². The summed E-state index contributed by atoms with van der Waals surface area (Å²) < 4.78 is 5.83. The molecule has 1 aromatic carbocycles. The summed E-state index contributed by atoms with van der Waals surface area (Å²) in [7, 11) is 0. The molecule has 0 aliphatic carbocycles. The van der Waals surface area contributed by atoms with E-state index in [-0.39, 0.29) is 0 Å². The van der Waals surface area contributed by atoms with Crippen LogP contribution in [-0.4, -0.2) is 16.6 Å². The van der Waals surface area contributed by atoms with Gasteiger partial charge in [0.05, 0.1) is 28.4 Å². The molecule has 2 N–H and O–H groups in total. The summed E-state index contributed by atoms with van der Waals surface area (Å²) in [5, 5.41) is 4.07. The minimum atomic E-state index is 0.622. The zero-order chi connectivity index (χ0) is 17.4. The number of fused-ring (bicyclic) bond motifs is 1. The van der Waals surface area contributed by atoms with Gasteiger partial charge in [-0.25, -0.2) is 4.99 Å². The van der Waals surface area contributed by atoms with Crippen LogP contribution in [0.25, 0.3) is 17.8 Å². The minimum absolute atomic E-state index is 0.622. The third-order valence-electron chi connectivity index (χ3n) is 4.33.